The summed E-state index contributed by atoms with van der Waals surface area (Å²) < 4.78 is 1.81. The molecule has 0 radical (unpaired) electrons. The molecular weight excluding hydrogens is 328 g/mol. The van der Waals surface area contributed by atoms with Gasteiger partial charge in [0.05, 0.1) is 6.54 Å². The molecule has 0 aliphatic heterocycles. The molecule has 0 fully saturated rings. The standard InChI is InChI=1S/C17H15ClN4S/c18-15-9-5-4-6-13(15)12-22-11-10-16(21-22)20-17(23)19-14-7-2-1-3-8-14/h1-11H,12H2,(H2,19,20,21,23). The van der Waals surface area contributed by atoms with Gasteiger partial charge in [0, 0.05) is 23.0 Å². The fraction of sp³-hybridized carbons (Fsp3) is 0.0588. The molecule has 4 nitrogen and oxygen atoms in total. The average molecular weight is 343 g/mol. The van der Waals surface area contributed by atoms with Crippen LogP contribution < -0.4 is 10.6 Å². The van der Waals surface area contributed by atoms with Crippen LogP contribution in [0, 0.1) is 0 Å². The summed E-state index contributed by atoms with van der Waals surface area (Å²) in [6.07, 6.45) is 1.89. The Bertz CT molecular complexity index is 801. The van der Waals surface area contributed by atoms with Gasteiger partial charge in [-0.15, -0.1) is 0 Å². The number of aromatic nitrogens is 2. The predicted octanol–water partition coefficient (Wildman–Crippen LogP) is 4.39. The number of rotatable bonds is 4. The van der Waals surface area contributed by atoms with E-state index in [-0.39, 0.29) is 0 Å². The van der Waals surface area contributed by atoms with Crippen molar-refractivity contribution in [1.29, 1.82) is 0 Å². The minimum Gasteiger partial charge on any atom is -0.332 e. The second kappa shape index (κ2) is 7.26. The number of para-hydroxylation sites is 1. The summed E-state index contributed by atoms with van der Waals surface area (Å²) in [7, 11) is 0. The van der Waals surface area contributed by atoms with E-state index in [9.17, 15) is 0 Å². The molecule has 2 N–H and O–H groups in total. The molecule has 0 spiro atoms. The van der Waals surface area contributed by atoms with E-state index in [0.717, 1.165) is 16.3 Å². The molecule has 0 aliphatic rings. The first-order valence-electron chi connectivity index (χ1n) is 7.10. The molecule has 116 valence electrons. The van der Waals surface area contributed by atoms with Gasteiger partial charge in [0.25, 0.3) is 0 Å². The first kappa shape index (κ1) is 15.5. The predicted molar refractivity (Wildman–Crippen MR) is 99.1 cm³/mol. The Labute approximate surface area is 145 Å². The van der Waals surface area contributed by atoms with Crippen LogP contribution in [0.2, 0.25) is 5.02 Å². The molecule has 0 saturated heterocycles. The Balaban J connectivity index is 1.61. The minimum atomic E-state index is 0.499. The third-order valence-electron chi connectivity index (χ3n) is 3.20. The van der Waals surface area contributed by atoms with Crippen LogP contribution in [0.3, 0.4) is 0 Å². The molecule has 23 heavy (non-hydrogen) atoms. The summed E-state index contributed by atoms with van der Waals surface area (Å²) >= 11 is 11.5. The van der Waals surface area contributed by atoms with Crippen molar-refractivity contribution in [3.63, 3.8) is 0 Å². The topological polar surface area (TPSA) is 41.9 Å². The molecule has 3 rings (SSSR count). The van der Waals surface area contributed by atoms with Gasteiger partial charge < -0.3 is 10.6 Å². The van der Waals surface area contributed by atoms with Crippen LogP contribution >= 0.6 is 23.8 Å². The van der Waals surface area contributed by atoms with Crippen molar-refractivity contribution < 1.29 is 0 Å². The minimum absolute atomic E-state index is 0.499. The molecule has 0 unspecified atom stereocenters. The third kappa shape index (κ3) is 4.31. The van der Waals surface area contributed by atoms with Crippen molar-refractivity contribution in [1.82, 2.24) is 9.78 Å². The molecule has 1 heterocycles. The maximum absolute atomic E-state index is 6.17. The summed E-state index contributed by atoms with van der Waals surface area (Å²) in [6.45, 7) is 0.611. The van der Waals surface area contributed by atoms with Gasteiger partial charge >= 0.3 is 0 Å². The van der Waals surface area contributed by atoms with Gasteiger partial charge in [-0.2, -0.15) is 5.10 Å². The van der Waals surface area contributed by atoms with Crippen LogP contribution in [-0.4, -0.2) is 14.9 Å². The zero-order valence-corrected chi connectivity index (χ0v) is 13.8. The lowest BCUT2D eigenvalue weighted by Gasteiger charge is -2.08. The largest absolute Gasteiger partial charge is 0.332 e. The fourth-order valence-corrected chi connectivity index (χ4v) is 2.54. The number of nitrogens with one attached hydrogen (secondary N) is 2. The molecule has 1 aromatic heterocycles. The quantitative estimate of drug-likeness (QED) is 0.690. The molecule has 0 bridgehead atoms. The van der Waals surface area contributed by atoms with Gasteiger partial charge in [-0.1, -0.05) is 48.0 Å². The van der Waals surface area contributed by atoms with E-state index in [2.05, 4.69) is 15.7 Å². The van der Waals surface area contributed by atoms with Gasteiger partial charge in [-0.25, -0.2) is 0 Å². The maximum Gasteiger partial charge on any atom is 0.176 e. The second-order valence-electron chi connectivity index (χ2n) is 4.94. The number of hydrogen-bond acceptors (Lipinski definition) is 2. The number of thiocarbonyl (C=S) groups is 1. The molecule has 3 aromatic rings. The summed E-state index contributed by atoms with van der Waals surface area (Å²) in [5, 5.41) is 11.9. The highest BCUT2D eigenvalue weighted by Crippen LogP contribution is 2.16. The summed E-state index contributed by atoms with van der Waals surface area (Å²) in [6, 6.07) is 19.4. The molecule has 0 aliphatic carbocycles. The third-order valence-corrected chi connectivity index (χ3v) is 3.78. The van der Waals surface area contributed by atoms with Crippen LogP contribution in [-0.2, 0) is 6.54 Å². The molecular formula is C17H15ClN4S. The molecule has 2 aromatic carbocycles. The van der Waals surface area contributed by atoms with Crippen molar-refractivity contribution >= 4 is 40.4 Å². The fourth-order valence-electron chi connectivity index (χ4n) is 2.12. The Morgan fingerprint density at radius 1 is 1.00 bits per heavy atom. The van der Waals surface area contributed by atoms with E-state index in [1.165, 1.54) is 0 Å². The zero-order valence-electron chi connectivity index (χ0n) is 12.2. The summed E-state index contributed by atoms with van der Waals surface area (Å²) in [5.41, 5.74) is 1.95. The second-order valence-corrected chi connectivity index (χ2v) is 5.75. The van der Waals surface area contributed by atoms with E-state index in [1.54, 1.807) is 0 Å². The highest BCUT2D eigenvalue weighted by molar-refractivity contribution is 7.80. The first-order valence-corrected chi connectivity index (χ1v) is 7.89. The SMILES string of the molecule is S=C(Nc1ccccc1)Nc1ccn(Cc2ccccc2Cl)n1. The lowest BCUT2D eigenvalue weighted by atomic mass is 10.2. The molecule has 6 heteroatoms. The van der Waals surface area contributed by atoms with E-state index >= 15 is 0 Å². The number of nitrogens with zero attached hydrogens (tertiary/aromatic N) is 2. The summed E-state index contributed by atoms with van der Waals surface area (Å²) in [4.78, 5) is 0. The highest BCUT2D eigenvalue weighted by atomic mass is 35.5. The Morgan fingerprint density at radius 2 is 1.74 bits per heavy atom. The van der Waals surface area contributed by atoms with Gasteiger partial charge in [0.15, 0.2) is 10.9 Å². The van der Waals surface area contributed by atoms with Crippen molar-refractivity contribution in [2.24, 2.45) is 0 Å². The van der Waals surface area contributed by atoms with Crippen LogP contribution in [0.1, 0.15) is 5.56 Å². The maximum atomic E-state index is 6.17. The monoisotopic (exact) mass is 342 g/mol. The van der Waals surface area contributed by atoms with Crippen LogP contribution in [0.25, 0.3) is 0 Å². The van der Waals surface area contributed by atoms with E-state index in [4.69, 9.17) is 23.8 Å². The van der Waals surface area contributed by atoms with Gasteiger partial charge in [-0.05, 0) is 36.0 Å². The van der Waals surface area contributed by atoms with Crippen molar-refractivity contribution in [2.75, 3.05) is 10.6 Å². The van der Waals surface area contributed by atoms with Gasteiger partial charge in [0.1, 0.15) is 0 Å². The van der Waals surface area contributed by atoms with E-state index in [0.29, 0.717) is 17.5 Å². The van der Waals surface area contributed by atoms with E-state index in [1.807, 2.05) is 71.5 Å². The number of halogens is 1. The van der Waals surface area contributed by atoms with Crippen LogP contribution in [0.4, 0.5) is 11.5 Å². The first-order chi connectivity index (χ1) is 11.2. The Kier molecular flexibility index (Phi) is 4.90. The lowest BCUT2D eigenvalue weighted by Crippen LogP contribution is -2.19. The highest BCUT2D eigenvalue weighted by Gasteiger charge is 2.04. The number of hydrogen-bond donors (Lipinski definition) is 2. The van der Waals surface area contributed by atoms with E-state index < -0.39 is 0 Å². The van der Waals surface area contributed by atoms with Crippen molar-refractivity contribution in [2.45, 2.75) is 6.54 Å². The van der Waals surface area contributed by atoms with Gasteiger partial charge in [0.2, 0.25) is 0 Å². The molecule has 0 saturated carbocycles. The van der Waals surface area contributed by atoms with Crippen molar-refractivity contribution in [3.05, 3.63) is 77.4 Å². The van der Waals surface area contributed by atoms with Crippen molar-refractivity contribution in [3.8, 4) is 0 Å². The lowest BCUT2D eigenvalue weighted by molar-refractivity contribution is 0.690. The Morgan fingerprint density at radius 3 is 2.52 bits per heavy atom. The van der Waals surface area contributed by atoms with Gasteiger partial charge in [-0.3, -0.25) is 4.68 Å². The number of anilines is 2. The average Bonchev–Trinajstić information content (AvgIpc) is 2.97. The normalized spacial score (nSPS) is 10.3. The zero-order chi connectivity index (χ0) is 16.1. The summed E-state index contributed by atoms with van der Waals surface area (Å²) in [5.74, 6) is 0.686. The van der Waals surface area contributed by atoms with Crippen LogP contribution in [0.15, 0.2) is 66.9 Å². The molecule has 0 amide bonds. The molecule has 0 atom stereocenters. The number of benzene rings is 2. The Hall–Kier alpha value is -2.37. The smallest absolute Gasteiger partial charge is 0.176 e. The van der Waals surface area contributed by atoms with Crippen LogP contribution in [0.5, 0.6) is 0 Å².